The van der Waals surface area contributed by atoms with Crippen molar-refractivity contribution in [3.8, 4) is 17.0 Å². The van der Waals surface area contributed by atoms with Gasteiger partial charge in [-0.25, -0.2) is 4.98 Å². The summed E-state index contributed by atoms with van der Waals surface area (Å²) < 4.78 is 5.87. The van der Waals surface area contributed by atoms with Crippen LogP contribution in [0, 0.1) is 0 Å². The minimum Gasteiger partial charge on any atom is -0.493 e. The van der Waals surface area contributed by atoms with E-state index in [0.717, 1.165) is 40.7 Å². The van der Waals surface area contributed by atoms with Gasteiger partial charge in [-0.1, -0.05) is 55.6 Å². The third kappa shape index (κ3) is 5.81. The Hall–Kier alpha value is -2.37. The average Bonchev–Trinajstić information content (AvgIpc) is 3.16. The molecule has 0 saturated heterocycles. The lowest BCUT2D eigenvalue weighted by Gasteiger charge is -2.08. The van der Waals surface area contributed by atoms with Crippen LogP contribution in [0.1, 0.15) is 31.7 Å². The van der Waals surface area contributed by atoms with Crippen molar-refractivity contribution in [1.29, 1.82) is 0 Å². The monoisotopic (exact) mass is 399 g/mol. The maximum absolute atomic E-state index is 5.93. The summed E-state index contributed by atoms with van der Waals surface area (Å²) in [5, 5.41) is 7.75. The number of benzene rings is 2. The molecule has 4 nitrogen and oxygen atoms in total. The fourth-order valence-corrected chi connectivity index (χ4v) is 3.28. The van der Waals surface area contributed by atoms with Crippen LogP contribution in [0.15, 0.2) is 59.0 Å². The minimum absolute atomic E-state index is 0.715. The highest BCUT2D eigenvalue weighted by Gasteiger charge is 2.04. The number of nitrogens with one attached hydrogen (secondary N) is 1. The number of nitrogens with zero attached hydrogens (tertiary/aromatic N) is 2. The molecule has 0 bridgehead atoms. The Morgan fingerprint density at radius 3 is 2.78 bits per heavy atom. The average molecular weight is 400 g/mol. The first kappa shape index (κ1) is 19.4. The van der Waals surface area contributed by atoms with Gasteiger partial charge in [0, 0.05) is 21.5 Å². The largest absolute Gasteiger partial charge is 0.493 e. The second-order valence-corrected chi connectivity index (χ2v) is 7.30. The molecular weight excluding hydrogens is 378 g/mol. The molecule has 0 amide bonds. The molecule has 0 spiro atoms. The molecule has 0 fully saturated rings. The molecule has 0 saturated carbocycles. The van der Waals surface area contributed by atoms with Gasteiger partial charge in [0.25, 0.3) is 0 Å². The molecule has 6 heteroatoms. The van der Waals surface area contributed by atoms with Crippen molar-refractivity contribution >= 4 is 34.3 Å². The molecule has 0 aliphatic carbocycles. The molecule has 2 aromatic carbocycles. The first-order valence-electron chi connectivity index (χ1n) is 8.98. The van der Waals surface area contributed by atoms with Gasteiger partial charge in [0.2, 0.25) is 5.13 Å². The molecule has 140 valence electrons. The highest BCUT2D eigenvalue weighted by atomic mass is 35.5. The Balaban J connectivity index is 1.60. The Morgan fingerprint density at radius 2 is 1.96 bits per heavy atom. The van der Waals surface area contributed by atoms with Crippen molar-refractivity contribution in [2.24, 2.45) is 5.10 Å². The van der Waals surface area contributed by atoms with E-state index in [1.54, 1.807) is 6.21 Å². The van der Waals surface area contributed by atoms with Gasteiger partial charge < -0.3 is 4.74 Å². The highest BCUT2D eigenvalue weighted by Crippen LogP contribution is 2.26. The minimum atomic E-state index is 0.715. The molecule has 27 heavy (non-hydrogen) atoms. The van der Waals surface area contributed by atoms with E-state index in [2.05, 4.69) is 22.4 Å². The van der Waals surface area contributed by atoms with E-state index in [-0.39, 0.29) is 0 Å². The second-order valence-electron chi connectivity index (χ2n) is 6.01. The van der Waals surface area contributed by atoms with E-state index in [0.29, 0.717) is 5.02 Å². The molecule has 0 atom stereocenters. The molecule has 1 heterocycles. The van der Waals surface area contributed by atoms with Crippen LogP contribution in [0.25, 0.3) is 11.3 Å². The normalized spacial score (nSPS) is 11.0. The Labute approximate surface area is 168 Å². The van der Waals surface area contributed by atoms with Crippen LogP contribution in [-0.4, -0.2) is 17.8 Å². The standard InChI is InChI=1S/C21H22ClN3OS/c1-2-3-6-13-26-20-8-5-4-7-17(20)14-23-25-21-24-19(15-27-21)16-9-11-18(22)12-10-16/h4-5,7-12,14-15H,2-3,6,13H2,1H3,(H,24,25)/b23-14+. The smallest absolute Gasteiger partial charge is 0.203 e. The number of rotatable bonds is 9. The van der Waals surface area contributed by atoms with E-state index >= 15 is 0 Å². The number of halogens is 1. The zero-order chi connectivity index (χ0) is 18.9. The SMILES string of the molecule is CCCCCOc1ccccc1/C=N/Nc1nc(-c2ccc(Cl)cc2)cs1. The van der Waals surface area contributed by atoms with Crippen LogP contribution in [-0.2, 0) is 0 Å². The zero-order valence-electron chi connectivity index (χ0n) is 15.2. The maximum atomic E-state index is 5.93. The lowest BCUT2D eigenvalue weighted by Crippen LogP contribution is -2.00. The fourth-order valence-electron chi connectivity index (χ4n) is 2.49. The van der Waals surface area contributed by atoms with Gasteiger partial charge in [-0.05, 0) is 30.7 Å². The summed E-state index contributed by atoms with van der Waals surface area (Å²) in [7, 11) is 0. The van der Waals surface area contributed by atoms with Crippen molar-refractivity contribution in [3.05, 3.63) is 64.5 Å². The lowest BCUT2D eigenvalue weighted by atomic mass is 10.2. The molecule has 3 rings (SSSR count). The topological polar surface area (TPSA) is 46.5 Å². The van der Waals surface area contributed by atoms with Crippen LogP contribution < -0.4 is 10.2 Å². The van der Waals surface area contributed by atoms with Gasteiger partial charge in [-0.2, -0.15) is 5.10 Å². The second kappa shape index (κ2) is 10.1. The van der Waals surface area contributed by atoms with Crippen LogP contribution >= 0.6 is 22.9 Å². The summed E-state index contributed by atoms with van der Waals surface area (Å²) in [6, 6.07) is 15.5. The number of ether oxygens (including phenoxy) is 1. The van der Waals surface area contributed by atoms with E-state index in [1.165, 1.54) is 24.2 Å². The van der Waals surface area contributed by atoms with Crippen molar-refractivity contribution < 1.29 is 4.74 Å². The fraction of sp³-hybridized carbons (Fsp3) is 0.238. The number of hydrazone groups is 1. The zero-order valence-corrected chi connectivity index (χ0v) is 16.8. The van der Waals surface area contributed by atoms with Gasteiger partial charge in [0.05, 0.1) is 18.5 Å². The molecule has 1 N–H and O–H groups in total. The third-order valence-electron chi connectivity index (χ3n) is 3.93. The summed E-state index contributed by atoms with van der Waals surface area (Å²) in [5.41, 5.74) is 5.86. The highest BCUT2D eigenvalue weighted by molar-refractivity contribution is 7.14. The molecule has 0 radical (unpaired) electrons. The van der Waals surface area contributed by atoms with Crippen molar-refractivity contribution in [1.82, 2.24) is 4.98 Å². The Morgan fingerprint density at radius 1 is 1.15 bits per heavy atom. The van der Waals surface area contributed by atoms with Crippen LogP contribution in [0.2, 0.25) is 5.02 Å². The molecule has 0 unspecified atom stereocenters. The number of para-hydroxylation sites is 1. The number of unbranched alkanes of at least 4 members (excludes halogenated alkanes) is 2. The van der Waals surface area contributed by atoms with Crippen molar-refractivity contribution in [3.63, 3.8) is 0 Å². The van der Waals surface area contributed by atoms with E-state index < -0.39 is 0 Å². The number of thiazole rings is 1. The molecule has 1 aromatic heterocycles. The van der Waals surface area contributed by atoms with E-state index in [9.17, 15) is 0 Å². The van der Waals surface area contributed by atoms with Crippen molar-refractivity contribution in [2.75, 3.05) is 12.0 Å². The Bertz CT molecular complexity index is 877. The number of anilines is 1. The molecular formula is C21H22ClN3OS. The molecule has 0 aliphatic rings. The van der Waals surface area contributed by atoms with Crippen LogP contribution in [0.4, 0.5) is 5.13 Å². The van der Waals surface area contributed by atoms with E-state index in [4.69, 9.17) is 16.3 Å². The summed E-state index contributed by atoms with van der Waals surface area (Å²) in [6.07, 6.45) is 5.19. The lowest BCUT2D eigenvalue weighted by molar-refractivity contribution is 0.306. The number of hydrogen-bond acceptors (Lipinski definition) is 5. The number of aromatic nitrogens is 1. The van der Waals surface area contributed by atoms with Crippen LogP contribution in [0.3, 0.4) is 0 Å². The van der Waals surface area contributed by atoms with Gasteiger partial charge in [0.1, 0.15) is 5.75 Å². The summed E-state index contributed by atoms with van der Waals surface area (Å²) in [4.78, 5) is 4.55. The Kier molecular flexibility index (Phi) is 7.25. The third-order valence-corrected chi connectivity index (χ3v) is 4.93. The molecule has 0 aliphatic heterocycles. The maximum Gasteiger partial charge on any atom is 0.203 e. The van der Waals surface area contributed by atoms with Gasteiger partial charge in [0.15, 0.2) is 0 Å². The van der Waals surface area contributed by atoms with Crippen LogP contribution in [0.5, 0.6) is 5.75 Å². The first-order valence-corrected chi connectivity index (χ1v) is 10.2. The summed E-state index contributed by atoms with van der Waals surface area (Å²) >= 11 is 7.44. The van der Waals surface area contributed by atoms with Gasteiger partial charge >= 0.3 is 0 Å². The van der Waals surface area contributed by atoms with E-state index in [1.807, 2.05) is 53.9 Å². The summed E-state index contributed by atoms with van der Waals surface area (Å²) in [5.74, 6) is 0.847. The quantitative estimate of drug-likeness (QED) is 0.254. The van der Waals surface area contributed by atoms with Gasteiger partial charge in [-0.15, -0.1) is 11.3 Å². The first-order chi connectivity index (χ1) is 13.3. The predicted octanol–water partition coefficient (Wildman–Crippen LogP) is 6.48. The number of hydrogen-bond donors (Lipinski definition) is 1. The predicted molar refractivity (Wildman–Crippen MR) is 115 cm³/mol. The summed E-state index contributed by atoms with van der Waals surface area (Å²) in [6.45, 7) is 2.91. The van der Waals surface area contributed by atoms with Crippen molar-refractivity contribution in [2.45, 2.75) is 26.2 Å². The molecule has 3 aromatic rings. The van der Waals surface area contributed by atoms with Gasteiger partial charge in [-0.3, -0.25) is 5.43 Å².